The molecular weight excluding hydrogens is 348 g/mol. The first-order chi connectivity index (χ1) is 12.2. The van der Waals surface area contributed by atoms with Crippen molar-refractivity contribution in [3.63, 3.8) is 0 Å². The summed E-state index contributed by atoms with van der Waals surface area (Å²) in [4.78, 5) is 27.7. The maximum atomic E-state index is 11.5. The quantitative estimate of drug-likeness (QED) is 0.694. The summed E-state index contributed by atoms with van der Waals surface area (Å²) < 4.78 is 0. The number of nitrogens with one attached hydrogen (secondary N) is 2. The standard InChI is InChI=1S/C19H26N4O2S/c1-5-16(24)22-14(17(20)25)10-12-6-8-13(9-7-12)21-18-23-15(11-26-18)19(2,3)4/h6-9,11,14H,5,10H2,1-4H3,(H2,20,25)(H,21,23)(H,22,24). The number of benzene rings is 1. The average Bonchev–Trinajstić information content (AvgIpc) is 3.04. The number of carbonyl (C=O) groups excluding carboxylic acids is 2. The first kappa shape index (κ1) is 19.9. The van der Waals surface area contributed by atoms with Gasteiger partial charge in [-0.05, 0) is 17.7 Å². The van der Waals surface area contributed by atoms with Gasteiger partial charge in [-0.15, -0.1) is 11.3 Å². The molecule has 0 aliphatic carbocycles. The van der Waals surface area contributed by atoms with E-state index in [1.54, 1.807) is 18.3 Å². The molecule has 1 atom stereocenters. The largest absolute Gasteiger partial charge is 0.368 e. The Hall–Kier alpha value is -2.41. The molecule has 7 heteroatoms. The van der Waals surface area contributed by atoms with Crippen molar-refractivity contribution in [2.24, 2.45) is 5.73 Å². The Kier molecular flexibility index (Phi) is 6.37. The highest BCUT2D eigenvalue weighted by Crippen LogP contribution is 2.28. The number of amides is 2. The molecule has 2 rings (SSSR count). The summed E-state index contributed by atoms with van der Waals surface area (Å²) in [6.07, 6.45) is 0.684. The van der Waals surface area contributed by atoms with E-state index in [2.05, 4.69) is 41.8 Å². The van der Waals surface area contributed by atoms with Crippen LogP contribution in [0.2, 0.25) is 0 Å². The third-order valence-corrected chi connectivity index (χ3v) is 4.68. The van der Waals surface area contributed by atoms with Crippen molar-refractivity contribution in [2.45, 2.75) is 52.0 Å². The molecule has 4 N–H and O–H groups in total. The molecule has 1 aromatic carbocycles. The number of nitrogens with two attached hydrogens (primary N) is 1. The lowest BCUT2D eigenvalue weighted by Crippen LogP contribution is -2.45. The first-order valence-electron chi connectivity index (χ1n) is 8.59. The van der Waals surface area contributed by atoms with Crippen molar-refractivity contribution in [2.75, 3.05) is 5.32 Å². The van der Waals surface area contributed by atoms with Gasteiger partial charge in [0, 0.05) is 29.3 Å². The van der Waals surface area contributed by atoms with Crippen molar-refractivity contribution >= 4 is 34.0 Å². The van der Waals surface area contributed by atoms with E-state index in [-0.39, 0.29) is 11.3 Å². The van der Waals surface area contributed by atoms with E-state index in [1.807, 2.05) is 24.3 Å². The minimum Gasteiger partial charge on any atom is -0.368 e. The minimum atomic E-state index is -0.699. The van der Waals surface area contributed by atoms with E-state index in [0.717, 1.165) is 22.1 Å². The van der Waals surface area contributed by atoms with Gasteiger partial charge in [0.2, 0.25) is 11.8 Å². The average molecular weight is 375 g/mol. The number of primary amides is 1. The predicted molar refractivity (Wildman–Crippen MR) is 106 cm³/mol. The van der Waals surface area contributed by atoms with Crippen LogP contribution in [0.3, 0.4) is 0 Å². The molecule has 0 radical (unpaired) electrons. The van der Waals surface area contributed by atoms with Gasteiger partial charge in [-0.3, -0.25) is 9.59 Å². The molecular formula is C19H26N4O2S. The lowest BCUT2D eigenvalue weighted by Gasteiger charge is -2.15. The molecule has 140 valence electrons. The van der Waals surface area contributed by atoms with Crippen molar-refractivity contribution in [1.29, 1.82) is 0 Å². The van der Waals surface area contributed by atoms with Crippen molar-refractivity contribution < 1.29 is 9.59 Å². The smallest absolute Gasteiger partial charge is 0.240 e. The van der Waals surface area contributed by atoms with E-state index in [9.17, 15) is 9.59 Å². The number of rotatable bonds is 7. The number of thiazole rings is 1. The van der Waals surface area contributed by atoms with Gasteiger partial charge < -0.3 is 16.4 Å². The summed E-state index contributed by atoms with van der Waals surface area (Å²) in [5, 5.41) is 8.84. The molecule has 26 heavy (non-hydrogen) atoms. The van der Waals surface area contributed by atoms with Gasteiger partial charge in [0.1, 0.15) is 6.04 Å². The van der Waals surface area contributed by atoms with E-state index in [1.165, 1.54) is 0 Å². The molecule has 0 spiro atoms. The van der Waals surface area contributed by atoms with E-state index in [4.69, 9.17) is 5.73 Å². The Morgan fingerprint density at radius 1 is 1.23 bits per heavy atom. The van der Waals surface area contributed by atoms with Gasteiger partial charge in [0.25, 0.3) is 0 Å². The molecule has 0 aliphatic heterocycles. The Balaban J connectivity index is 2.02. The van der Waals surface area contributed by atoms with E-state index in [0.29, 0.717) is 12.8 Å². The van der Waals surface area contributed by atoms with Gasteiger partial charge in [-0.1, -0.05) is 39.8 Å². The molecule has 1 unspecified atom stereocenters. The van der Waals surface area contributed by atoms with Crippen LogP contribution in [0.4, 0.5) is 10.8 Å². The molecule has 1 aromatic heterocycles. The molecule has 1 heterocycles. The summed E-state index contributed by atoms with van der Waals surface area (Å²) in [7, 11) is 0. The van der Waals surface area contributed by atoms with Crippen LogP contribution in [0.1, 0.15) is 45.4 Å². The molecule has 2 amide bonds. The van der Waals surface area contributed by atoms with Crippen molar-refractivity contribution in [3.05, 3.63) is 40.9 Å². The number of aromatic nitrogens is 1. The molecule has 0 bridgehead atoms. The van der Waals surface area contributed by atoms with Crippen LogP contribution >= 0.6 is 11.3 Å². The predicted octanol–water partition coefficient (Wildman–Crippen LogP) is 3.11. The highest BCUT2D eigenvalue weighted by molar-refractivity contribution is 7.13. The lowest BCUT2D eigenvalue weighted by molar-refractivity contribution is -0.127. The van der Waals surface area contributed by atoms with Crippen LogP contribution in [0, 0.1) is 0 Å². The molecule has 0 aliphatic rings. The normalized spacial score (nSPS) is 12.5. The number of carbonyl (C=O) groups is 2. The fourth-order valence-corrected chi connectivity index (χ4v) is 3.24. The zero-order valence-electron chi connectivity index (χ0n) is 15.6. The summed E-state index contributed by atoms with van der Waals surface area (Å²) >= 11 is 1.57. The second kappa shape index (κ2) is 8.31. The monoisotopic (exact) mass is 374 g/mol. The third-order valence-electron chi connectivity index (χ3n) is 3.92. The second-order valence-electron chi connectivity index (χ2n) is 7.19. The van der Waals surface area contributed by atoms with Crippen molar-refractivity contribution in [3.8, 4) is 0 Å². The van der Waals surface area contributed by atoms with Gasteiger partial charge in [-0.2, -0.15) is 0 Å². The van der Waals surface area contributed by atoms with E-state index >= 15 is 0 Å². The van der Waals surface area contributed by atoms with Crippen LogP contribution < -0.4 is 16.4 Å². The third kappa shape index (κ3) is 5.56. The van der Waals surface area contributed by atoms with Gasteiger partial charge >= 0.3 is 0 Å². The SMILES string of the molecule is CCC(=O)NC(Cc1ccc(Nc2nc(C(C)(C)C)cs2)cc1)C(N)=O. The zero-order valence-corrected chi connectivity index (χ0v) is 16.4. The molecule has 0 fully saturated rings. The maximum absolute atomic E-state index is 11.5. The fraction of sp³-hybridized carbons (Fsp3) is 0.421. The number of anilines is 2. The fourth-order valence-electron chi connectivity index (χ4n) is 2.28. The van der Waals surface area contributed by atoms with E-state index < -0.39 is 11.9 Å². The lowest BCUT2D eigenvalue weighted by atomic mass is 9.93. The number of hydrogen-bond acceptors (Lipinski definition) is 5. The van der Waals surface area contributed by atoms with Gasteiger partial charge in [0.05, 0.1) is 5.69 Å². The van der Waals surface area contributed by atoms with Crippen LogP contribution in [0.15, 0.2) is 29.6 Å². The summed E-state index contributed by atoms with van der Waals surface area (Å²) in [5.74, 6) is -0.725. The minimum absolute atomic E-state index is 0.0208. The Labute approximate surface area is 158 Å². The maximum Gasteiger partial charge on any atom is 0.240 e. The Morgan fingerprint density at radius 3 is 2.38 bits per heavy atom. The highest BCUT2D eigenvalue weighted by atomic mass is 32.1. The second-order valence-corrected chi connectivity index (χ2v) is 8.05. The Morgan fingerprint density at radius 2 is 1.88 bits per heavy atom. The highest BCUT2D eigenvalue weighted by Gasteiger charge is 2.19. The Bertz CT molecular complexity index is 763. The first-order valence-corrected chi connectivity index (χ1v) is 9.47. The van der Waals surface area contributed by atoms with Crippen LogP contribution in [-0.4, -0.2) is 22.8 Å². The number of hydrogen-bond donors (Lipinski definition) is 3. The van der Waals surface area contributed by atoms with Gasteiger partial charge in [0.15, 0.2) is 5.13 Å². The number of nitrogens with zero attached hydrogens (tertiary/aromatic N) is 1. The van der Waals surface area contributed by atoms with Crippen LogP contribution in [0.5, 0.6) is 0 Å². The summed E-state index contributed by atoms with van der Waals surface area (Å²) in [5.41, 5.74) is 8.29. The molecule has 2 aromatic rings. The summed E-state index contributed by atoms with van der Waals surface area (Å²) in [6.45, 7) is 8.13. The van der Waals surface area contributed by atoms with Crippen LogP contribution in [-0.2, 0) is 21.4 Å². The molecule has 6 nitrogen and oxygen atoms in total. The summed E-state index contributed by atoms with van der Waals surface area (Å²) in [6, 6.07) is 6.97. The molecule has 0 saturated heterocycles. The van der Waals surface area contributed by atoms with Crippen molar-refractivity contribution in [1.82, 2.24) is 10.3 Å². The zero-order chi connectivity index (χ0) is 19.3. The van der Waals surface area contributed by atoms with Gasteiger partial charge in [-0.25, -0.2) is 4.98 Å². The molecule has 0 saturated carbocycles. The van der Waals surface area contributed by atoms with Crippen LogP contribution in [0.25, 0.3) is 0 Å². The topological polar surface area (TPSA) is 97.1 Å².